The number of amides is 3. The van der Waals surface area contributed by atoms with E-state index in [1.54, 1.807) is 0 Å². The predicted octanol–water partition coefficient (Wildman–Crippen LogP) is 2.29. The third-order valence-electron chi connectivity index (χ3n) is 5.01. The molecule has 2 fully saturated rings. The van der Waals surface area contributed by atoms with Crippen LogP contribution in [0.3, 0.4) is 0 Å². The van der Waals surface area contributed by atoms with Crippen LogP contribution in [-0.2, 0) is 11.0 Å². The number of alkyl halides is 3. The largest absolute Gasteiger partial charge is 0.417 e. The van der Waals surface area contributed by atoms with Crippen LogP contribution in [-0.4, -0.2) is 65.6 Å². The number of pyridine rings is 1. The second-order valence-electron chi connectivity index (χ2n) is 7.06. The van der Waals surface area contributed by atoms with Gasteiger partial charge in [-0.15, -0.1) is 0 Å². The van der Waals surface area contributed by atoms with Crippen molar-refractivity contribution >= 4 is 17.8 Å². The highest BCUT2D eigenvalue weighted by atomic mass is 19.4. The third kappa shape index (κ3) is 4.54. The number of halogens is 3. The second kappa shape index (κ2) is 8.34. The van der Waals surface area contributed by atoms with E-state index in [9.17, 15) is 22.8 Å². The summed E-state index contributed by atoms with van der Waals surface area (Å²) in [4.78, 5) is 33.6. The molecule has 0 saturated carbocycles. The summed E-state index contributed by atoms with van der Waals surface area (Å²) in [5, 5.41) is 2.71. The van der Waals surface area contributed by atoms with Gasteiger partial charge in [-0.25, -0.2) is 14.7 Å². The van der Waals surface area contributed by atoms with E-state index in [0.717, 1.165) is 25.1 Å². The molecule has 7 nitrogen and oxygen atoms in total. The summed E-state index contributed by atoms with van der Waals surface area (Å²) < 4.78 is 38.1. The number of anilines is 1. The molecule has 1 aromatic heterocycles. The van der Waals surface area contributed by atoms with Crippen LogP contribution >= 0.6 is 0 Å². The Morgan fingerprint density at radius 1 is 1.18 bits per heavy atom. The van der Waals surface area contributed by atoms with Gasteiger partial charge in [-0.05, 0) is 25.0 Å². The third-order valence-corrected chi connectivity index (χ3v) is 5.01. The maximum atomic E-state index is 12.7. The van der Waals surface area contributed by atoms with Gasteiger partial charge in [0, 0.05) is 32.4 Å². The number of aromatic nitrogens is 1. The van der Waals surface area contributed by atoms with Crippen LogP contribution < -0.4 is 10.2 Å². The molecule has 0 bridgehead atoms. The predicted molar refractivity (Wildman–Crippen MR) is 96.6 cm³/mol. The maximum absolute atomic E-state index is 12.7. The lowest BCUT2D eigenvalue weighted by Crippen LogP contribution is -2.43. The zero-order valence-corrected chi connectivity index (χ0v) is 15.7. The van der Waals surface area contributed by atoms with Gasteiger partial charge >= 0.3 is 12.2 Å². The van der Waals surface area contributed by atoms with Gasteiger partial charge in [-0.2, -0.15) is 13.2 Å². The van der Waals surface area contributed by atoms with Crippen LogP contribution in [0.2, 0.25) is 0 Å². The SMILES string of the molecule is CCC[C@H]1NC(=O)N(CN2CCCN(c3ccc(C(F)(F)F)cn3)CC2)C1=O. The fraction of sp³-hybridized carbons (Fsp3) is 0.611. The van der Waals surface area contributed by atoms with Crippen molar-refractivity contribution in [1.82, 2.24) is 20.1 Å². The molecule has 1 N–H and O–H groups in total. The first-order valence-corrected chi connectivity index (χ1v) is 9.42. The average molecular weight is 399 g/mol. The summed E-state index contributed by atoms with van der Waals surface area (Å²) in [6, 6.07) is 1.60. The Hall–Kier alpha value is -2.36. The van der Waals surface area contributed by atoms with E-state index in [0.29, 0.717) is 38.4 Å². The fourth-order valence-electron chi connectivity index (χ4n) is 3.48. The first-order valence-electron chi connectivity index (χ1n) is 9.42. The Morgan fingerprint density at radius 3 is 2.61 bits per heavy atom. The lowest BCUT2D eigenvalue weighted by Gasteiger charge is -2.25. The highest BCUT2D eigenvalue weighted by Crippen LogP contribution is 2.29. The Morgan fingerprint density at radius 2 is 1.96 bits per heavy atom. The van der Waals surface area contributed by atoms with E-state index in [1.165, 1.54) is 11.0 Å². The number of rotatable bonds is 5. The minimum atomic E-state index is -4.40. The number of urea groups is 1. The Balaban J connectivity index is 1.58. The zero-order valence-electron chi connectivity index (χ0n) is 15.7. The normalized spacial score (nSPS) is 21.8. The molecular weight excluding hydrogens is 375 g/mol. The van der Waals surface area contributed by atoms with Gasteiger partial charge in [-0.3, -0.25) is 9.69 Å². The highest BCUT2D eigenvalue weighted by Gasteiger charge is 2.38. The lowest BCUT2D eigenvalue weighted by molar-refractivity contribution is -0.137. The van der Waals surface area contributed by atoms with Crippen LogP contribution in [0.5, 0.6) is 0 Å². The van der Waals surface area contributed by atoms with Crippen molar-refractivity contribution in [2.75, 3.05) is 37.7 Å². The number of carbonyl (C=O) groups excluding carboxylic acids is 2. The van der Waals surface area contributed by atoms with Crippen molar-refractivity contribution in [1.29, 1.82) is 0 Å². The summed E-state index contributed by atoms with van der Waals surface area (Å²) in [7, 11) is 0. The minimum absolute atomic E-state index is 0.197. The van der Waals surface area contributed by atoms with Crippen LogP contribution in [0.15, 0.2) is 18.3 Å². The van der Waals surface area contributed by atoms with Gasteiger partial charge in [0.15, 0.2) is 0 Å². The van der Waals surface area contributed by atoms with E-state index in [-0.39, 0.29) is 18.6 Å². The van der Waals surface area contributed by atoms with Gasteiger partial charge in [0.1, 0.15) is 11.9 Å². The molecule has 10 heteroatoms. The monoisotopic (exact) mass is 399 g/mol. The van der Waals surface area contributed by atoms with Gasteiger partial charge in [0.25, 0.3) is 5.91 Å². The molecule has 0 spiro atoms. The van der Waals surface area contributed by atoms with Crippen LogP contribution in [0.4, 0.5) is 23.8 Å². The topological polar surface area (TPSA) is 68.8 Å². The number of nitrogens with one attached hydrogen (secondary N) is 1. The van der Waals surface area contributed by atoms with Gasteiger partial charge in [0.2, 0.25) is 0 Å². The van der Waals surface area contributed by atoms with Crippen molar-refractivity contribution in [3.63, 3.8) is 0 Å². The second-order valence-corrected chi connectivity index (χ2v) is 7.06. The van der Waals surface area contributed by atoms with Gasteiger partial charge < -0.3 is 10.2 Å². The van der Waals surface area contributed by atoms with E-state index in [1.807, 2.05) is 16.7 Å². The maximum Gasteiger partial charge on any atom is 0.417 e. The molecule has 0 aliphatic carbocycles. The molecular formula is C18H24F3N5O2. The molecule has 3 heterocycles. The quantitative estimate of drug-likeness (QED) is 0.770. The Labute approximate surface area is 161 Å². The number of hydrogen-bond acceptors (Lipinski definition) is 5. The number of nitrogens with zero attached hydrogens (tertiary/aromatic N) is 4. The molecule has 1 atom stereocenters. The summed E-state index contributed by atoms with van der Waals surface area (Å²) in [5.74, 6) is 0.296. The first kappa shape index (κ1) is 20.4. The molecule has 0 aromatic carbocycles. The molecule has 2 saturated heterocycles. The van der Waals surface area contributed by atoms with Crippen molar-refractivity contribution in [2.24, 2.45) is 0 Å². The summed E-state index contributed by atoms with van der Waals surface area (Å²) >= 11 is 0. The fourth-order valence-corrected chi connectivity index (χ4v) is 3.48. The number of carbonyl (C=O) groups is 2. The van der Waals surface area contributed by atoms with Gasteiger partial charge in [0.05, 0.1) is 12.2 Å². The average Bonchev–Trinajstić information content (AvgIpc) is 2.82. The molecule has 3 rings (SSSR count). The smallest absolute Gasteiger partial charge is 0.355 e. The molecule has 1 aromatic rings. The molecule has 2 aliphatic rings. The van der Waals surface area contributed by atoms with E-state index < -0.39 is 17.8 Å². The molecule has 2 aliphatic heterocycles. The first-order chi connectivity index (χ1) is 13.3. The Kier molecular flexibility index (Phi) is 6.07. The van der Waals surface area contributed by atoms with E-state index >= 15 is 0 Å². The molecule has 0 unspecified atom stereocenters. The van der Waals surface area contributed by atoms with Crippen LogP contribution in [0, 0.1) is 0 Å². The van der Waals surface area contributed by atoms with Crippen molar-refractivity contribution < 1.29 is 22.8 Å². The number of hydrogen-bond donors (Lipinski definition) is 1. The Bertz CT molecular complexity index is 710. The van der Waals surface area contributed by atoms with E-state index in [2.05, 4.69) is 10.3 Å². The summed E-state index contributed by atoms with van der Waals surface area (Å²) in [5.41, 5.74) is -0.770. The standard InChI is InChI=1S/C18H24F3N5O2/c1-2-4-14-16(27)26(17(28)23-14)12-24-7-3-8-25(10-9-24)15-6-5-13(11-22-15)18(19,20)21/h5-6,11,14H,2-4,7-10,12H2,1H3,(H,23,28)/t14-/m1/s1. The number of imide groups is 1. The molecule has 0 radical (unpaired) electrons. The summed E-state index contributed by atoms with van der Waals surface area (Å²) in [6.45, 7) is 4.65. The molecule has 154 valence electrons. The van der Waals surface area contributed by atoms with E-state index in [4.69, 9.17) is 0 Å². The highest BCUT2D eigenvalue weighted by molar-refractivity contribution is 6.04. The van der Waals surface area contributed by atoms with Crippen molar-refractivity contribution in [3.05, 3.63) is 23.9 Å². The lowest BCUT2D eigenvalue weighted by atomic mass is 10.2. The summed E-state index contributed by atoms with van der Waals surface area (Å²) in [6.07, 6.45) is -1.37. The van der Waals surface area contributed by atoms with Crippen LogP contribution in [0.1, 0.15) is 31.7 Å². The van der Waals surface area contributed by atoms with Crippen LogP contribution in [0.25, 0.3) is 0 Å². The zero-order chi connectivity index (χ0) is 20.3. The molecule has 28 heavy (non-hydrogen) atoms. The van der Waals surface area contributed by atoms with Gasteiger partial charge in [-0.1, -0.05) is 13.3 Å². The van der Waals surface area contributed by atoms with Crippen molar-refractivity contribution in [3.8, 4) is 0 Å². The molecule has 3 amide bonds. The van der Waals surface area contributed by atoms with Crippen molar-refractivity contribution in [2.45, 2.75) is 38.4 Å². The minimum Gasteiger partial charge on any atom is -0.355 e.